The van der Waals surface area contributed by atoms with Crippen molar-refractivity contribution in [1.82, 2.24) is 10.3 Å². The molecule has 188 valence electrons. The van der Waals surface area contributed by atoms with Gasteiger partial charge in [-0.2, -0.15) is 0 Å². The number of benzene rings is 2. The summed E-state index contributed by atoms with van der Waals surface area (Å²) in [4.78, 5) is 31.9. The highest BCUT2D eigenvalue weighted by Crippen LogP contribution is 2.45. The molecule has 0 fully saturated rings. The number of hydrogen-bond acceptors (Lipinski definition) is 5. The van der Waals surface area contributed by atoms with E-state index in [9.17, 15) is 9.59 Å². The maximum absolute atomic E-state index is 13.8. The summed E-state index contributed by atoms with van der Waals surface area (Å²) in [6, 6.07) is 21.5. The summed E-state index contributed by atoms with van der Waals surface area (Å²) >= 11 is 0. The van der Waals surface area contributed by atoms with Crippen molar-refractivity contribution in [2.45, 2.75) is 45.4 Å². The van der Waals surface area contributed by atoms with Crippen molar-refractivity contribution in [3.8, 4) is 5.75 Å². The van der Waals surface area contributed by atoms with Gasteiger partial charge in [-0.3, -0.25) is 9.59 Å². The molecule has 6 nitrogen and oxygen atoms in total. The summed E-state index contributed by atoms with van der Waals surface area (Å²) in [5.41, 5.74) is 6.84. The molecule has 0 saturated heterocycles. The molecule has 2 N–H and O–H groups in total. The molecule has 2 atom stereocenters. The highest BCUT2D eigenvalue weighted by molar-refractivity contribution is 6.09. The lowest BCUT2D eigenvalue weighted by Crippen LogP contribution is -2.37. The molecule has 0 radical (unpaired) electrons. The summed E-state index contributed by atoms with van der Waals surface area (Å²) in [7, 11) is 1.64. The number of nitrogens with one attached hydrogen (secondary N) is 2. The molecule has 3 aromatic rings. The van der Waals surface area contributed by atoms with Gasteiger partial charge in [0.15, 0.2) is 5.78 Å². The van der Waals surface area contributed by atoms with E-state index in [1.807, 2.05) is 81.4 Å². The number of carbonyl (C=O) groups is 2. The predicted octanol–water partition coefficient (Wildman–Crippen LogP) is 5.71. The fourth-order valence-corrected chi connectivity index (χ4v) is 5.34. The molecule has 0 saturated carbocycles. The molecule has 2 heterocycles. The van der Waals surface area contributed by atoms with Crippen LogP contribution in [-0.2, 0) is 9.59 Å². The first-order valence-electron chi connectivity index (χ1n) is 12.5. The van der Waals surface area contributed by atoms with Crippen LogP contribution in [0, 0.1) is 13.8 Å². The van der Waals surface area contributed by atoms with E-state index in [4.69, 9.17) is 4.74 Å². The average molecular weight is 494 g/mol. The van der Waals surface area contributed by atoms with Gasteiger partial charge >= 0.3 is 0 Å². The maximum Gasteiger partial charge on any atom is 0.255 e. The highest BCUT2D eigenvalue weighted by Gasteiger charge is 2.41. The summed E-state index contributed by atoms with van der Waals surface area (Å²) in [5.74, 6) is 0.687. The normalized spacial score (nSPS) is 19.3. The van der Waals surface area contributed by atoms with Gasteiger partial charge in [0.1, 0.15) is 11.6 Å². The number of rotatable bonds is 5. The van der Waals surface area contributed by atoms with E-state index >= 15 is 0 Å². The van der Waals surface area contributed by atoms with Gasteiger partial charge in [-0.15, -0.1) is 0 Å². The van der Waals surface area contributed by atoms with Crippen molar-refractivity contribution < 1.29 is 14.3 Å². The van der Waals surface area contributed by atoms with Crippen molar-refractivity contribution in [3.05, 3.63) is 112 Å². The van der Waals surface area contributed by atoms with Crippen LogP contribution in [0.2, 0.25) is 0 Å². The predicted molar refractivity (Wildman–Crippen MR) is 144 cm³/mol. The summed E-state index contributed by atoms with van der Waals surface area (Å²) < 4.78 is 5.30. The van der Waals surface area contributed by atoms with Gasteiger partial charge in [0.25, 0.3) is 5.91 Å². The molecule has 37 heavy (non-hydrogen) atoms. The third-order valence-electron chi connectivity index (χ3n) is 7.20. The SMILES string of the molecule is COc1ccc(C2CC(=O)C3=C(C2)NC(C)=C(C(=O)Nc2cccc(C)n2)C3c2ccc(C)cc2)cc1. The van der Waals surface area contributed by atoms with E-state index in [0.29, 0.717) is 29.8 Å². The van der Waals surface area contributed by atoms with Gasteiger partial charge in [-0.25, -0.2) is 4.98 Å². The van der Waals surface area contributed by atoms with Crippen molar-refractivity contribution in [2.75, 3.05) is 12.4 Å². The van der Waals surface area contributed by atoms with Crippen LogP contribution in [0.1, 0.15) is 54.0 Å². The number of ketones is 1. The van der Waals surface area contributed by atoms with Crippen molar-refractivity contribution in [3.63, 3.8) is 0 Å². The molecule has 6 heteroatoms. The Morgan fingerprint density at radius 2 is 1.65 bits per heavy atom. The Morgan fingerprint density at radius 1 is 0.946 bits per heavy atom. The summed E-state index contributed by atoms with van der Waals surface area (Å²) in [6.07, 6.45) is 1.09. The number of hydrogen-bond donors (Lipinski definition) is 2. The molecule has 0 spiro atoms. The summed E-state index contributed by atoms with van der Waals surface area (Å²) in [6.45, 7) is 5.82. The molecule has 1 aromatic heterocycles. The molecule has 2 unspecified atom stereocenters. The number of Topliss-reactive ketones (excluding diaryl/α,β-unsaturated/α-hetero) is 1. The number of carbonyl (C=O) groups excluding carboxylic acids is 2. The minimum atomic E-state index is -0.453. The zero-order valence-electron chi connectivity index (χ0n) is 21.6. The molecule has 1 aliphatic carbocycles. The number of methoxy groups -OCH3 is 1. The maximum atomic E-state index is 13.8. The van der Waals surface area contributed by atoms with E-state index in [1.54, 1.807) is 13.2 Å². The van der Waals surface area contributed by atoms with Gasteiger partial charge in [-0.1, -0.05) is 48.0 Å². The third-order valence-corrected chi connectivity index (χ3v) is 7.20. The lowest BCUT2D eigenvalue weighted by molar-refractivity contribution is -0.116. The minimum Gasteiger partial charge on any atom is -0.497 e. The first-order chi connectivity index (χ1) is 17.8. The number of allylic oxidation sites excluding steroid dienone is 3. The lowest BCUT2D eigenvalue weighted by Gasteiger charge is -2.37. The molecule has 2 aromatic carbocycles. The molecular weight excluding hydrogens is 462 g/mol. The fraction of sp³-hybridized carbons (Fsp3) is 0.258. The zero-order valence-corrected chi connectivity index (χ0v) is 21.6. The smallest absolute Gasteiger partial charge is 0.255 e. The Kier molecular flexibility index (Phi) is 6.66. The van der Waals surface area contributed by atoms with Gasteiger partial charge < -0.3 is 15.4 Å². The number of anilines is 1. The molecule has 1 aliphatic heterocycles. The van der Waals surface area contributed by atoms with E-state index in [0.717, 1.165) is 39.5 Å². The van der Waals surface area contributed by atoms with Crippen molar-refractivity contribution in [1.29, 1.82) is 0 Å². The van der Waals surface area contributed by atoms with Crippen LogP contribution >= 0.6 is 0 Å². The van der Waals surface area contributed by atoms with E-state index < -0.39 is 5.92 Å². The largest absolute Gasteiger partial charge is 0.497 e. The monoisotopic (exact) mass is 493 g/mol. The molecule has 0 bridgehead atoms. The third kappa shape index (κ3) is 4.92. The van der Waals surface area contributed by atoms with Crippen molar-refractivity contribution in [2.24, 2.45) is 0 Å². The number of aryl methyl sites for hydroxylation is 2. The Bertz CT molecular complexity index is 1420. The van der Waals surface area contributed by atoms with Gasteiger partial charge in [0.05, 0.1) is 7.11 Å². The second kappa shape index (κ2) is 10.1. The van der Waals surface area contributed by atoms with Crippen LogP contribution < -0.4 is 15.4 Å². The number of pyridine rings is 1. The molecule has 5 rings (SSSR count). The Morgan fingerprint density at radius 3 is 2.32 bits per heavy atom. The highest BCUT2D eigenvalue weighted by atomic mass is 16.5. The Balaban J connectivity index is 1.53. The van der Waals surface area contributed by atoms with Crippen LogP contribution in [0.5, 0.6) is 5.75 Å². The molecule has 2 aliphatic rings. The average Bonchev–Trinajstić information content (AvgIpc) is 2.88. The second-order valence-corrected chi connectivity index (χ2v) is 9.82. The first kappa shape index (κ1) is 24.5. The molecule has 1 amide bonds. The second-order valence-electron chi connectivity index (χ2n) is 9.82. The minimum absolute atomic E-state index is 0.0583. The lowest BCUT2D eigenvalue weighted by atomic mass is 9.71. The van der Waals surface area contributed by atoms with Gasteiger partial charge in [0.2, 0.25) is 0 Å². The van der Waals surface area contributed by atoms with Gasteiger partial charge in [-0.05, 0) is 68.5 Å². The first-order valence-corrected chi connectivity index (χ1v) is 12.5. The van der Waals surface area contributed by atoms with Gasteiger partial charge in [0, 0.05) is 40.6 Å². The van der Waals surface area contributed by atoms with Crippen LogP contribution in [0.15, 0.2) is 89.3 Å². The van der Waals surface area contributed by atoms with Crippen LogP contribution in [0.3, 0.4) is 0 Å². The zero-order chi connectivity index (χ0) is 26.1. The topological polar surface area (TPSA) is 80.3 Å². The van der Waals surface area contributed by atoms with Crippen LogP contribution in [0.25, 0.3) is 0 Å². The standard InChI is InChI=1S/C31H31N3O3/c1-18-8-10-22(11-9-18)29-28(31(36)34-27-7-5-6-19(2)32-27)20(3)33-25-16-23(17-26(35)30(25)29)21-12-14-24(37-4)15-13-21/h5-15,23,29,33H,16-17H2,1-4H3,(H,32,34,36). The van der Waals surface area contributed by atoms with E-state index in [-0.39, 0.29) is 17.6 Å². The number of nitrogens with zero attached hydrogens (tertiary/aromatic N) is 1. The Hall–Kier alpha value is -4.19. The number of aromatic nitrogens is 1. The number of amides is 1. The Labute approximate surface area is 217 Å². The van der Waals surface area contributed by atoms with Crippen LogP contribution in [-0.4, -0.2) is 23.8 Å². The van der Waals surface area contributed by atoms with Crippen molar-refractivity contribution >= 4 is 17.5 Å². The summed E-state index contributed by atoms with van der Waals surface area (Å²) in [5, 5.41) is 6.40. The van der Waals surface area contributed by atoms with E-state index in [1.165, 1.54) is 0 Å². The fourth-order valence-electron chi connectivity index (χ4n) is 5.34. The quantitative estimate of drug-likeness (QED) is 0.476. The number of dihydropyridines is 1. The number of ether oxygens (including phenoxy) is 1. The molecular formula is C31H31N3O3. The van der Waals surface area contributed by atoms with Crippen LogP contribution in [0.4, 0.5) is 5.82 Å². The van der Waals surface area contributed by atoms with E-state index in [2.05, 4.69) is 15.6 Å².